The van der Waals surface area contributed by atoms with Crippen molar-refractivity contribution < 1.29 is 0 Å². The summed E-state index contributed by atoms with van der Waals surface area (Å²) in [7, 11) is 0. The van der Waals surface area contributed by atoms with E-state index in [0.29, 0.717) is 0 Å². The maximum atomic E-state index is 3.96. The van der Waals surface area contributed by atoms with Gasteiger partial charge in [-0.15, -0.1) is 0 Å². The highest BCUT2D eigenvalue weighted by molar-refractivity contribution is 14.1. The Bertz CT molecular complexity index is 362. The molecule has 0 atom stereocenters. The molecule has 0 amide bonds. The van der Waals surface area contributed by atoms with Crippen LogP contribution < -0.4 is 6.15 Å². The Kier molecular flexibility index (Phi) is 3.08. The summed E-state index contributed by atoms with van der Waals surface area (Å²) in [6.45, 7) is 0. The van der Waals surface area contributed by atoms with Gasteiger partial charge in [0.25, 0.3) is 0 Å². The van der Waals surface area contributed by atoms with Crippen LogP contribution >= 0.6 is 38.5 Å². The van der Waals surface area contributed by atoms with E-state index in [2.05, 4.69) is 48.7 Å². The molecular formula is C7H7BrIN3. The predicted molar refractivity (Wildman–Crippen MR) is 61.5 cm³/mol. The predicted octanol–water partition coefficient (Wildman–Crippen LogP) is 3.09. The van der Waals surface area contributed by atoms with Crippen molar-refractivity contribution in [2.75, 3.05) is 0 Å². The minimum atomic E-state index is 0. The Balaban J connectivity index is 0.000000720. The van der Waals surface area contributed by atoms with Crippen molar-refractivity contribution in [2.45, 2.75) is 0 Å². The minimum absolute atomic E-state index is 0. The molecule has 0 aliphatic rings. The zero-order valence-electron chi connectivity index (χ0n) is 6.14. The highest BCUT2D eigenvalue weighted by Gasteiger charge is 2.02. The van der Waals surface area contributed by atoms with Gasteiger partial charge in [-0.2, -0.15) is 5.10 Å². The number of rotatable bonds is 0. The van der Waals surface area contributed by atoms with Gasteiger partial charge < -0.3 is 6.15 Å². The van der Waals surface area contributed by atoms with Crippen molar-refractivity contribution in [1.29, 1.82) is 0 Å². The van der Waals surface area contributed by atoms with Gasteiger partial charge in [-0.1, -0.05) is 15.9 Å². The van der Waals surface area contributed by atoms with Crippen molar-refractivity contribution in [3.63, 3.8) is 0 Å². The van der Waals surface area contributed by atoms with E-state index in [1.165, 1.54) is 3.57 Å². The van der Waals surface area contributed by atoms with E-state index >= 15 is 0 Å². The van der Waals surface area contributed by atoms with Crippen LogP contribution in [0.2, 0.25) is 0 Å². The lowest BCUT2D eigenvalue weighted by atomic mass is 10.3. The standard InChI is InChI=1S/C7H4BrIN2.H3N/c8-5-1-2-6(9)7-4(5)3-10-11-7;/h1-3H,(H,10,11);1H3. The van der Waals surface area contributed by atoms with Crippen LogP contribution in [0.15, 0.2) is 22.8 Å². The second-order valence-electron chi connectivity index (χ2n) is 2.19. The monoisotopic (exact) mass is 339 g/mol. The number of fused-ring (bicyclic) bond motifs is 1. The fourth-order valence-corrected chi connectivity index (χ4v) is 1.99. The van der Waals surface area contributed by atoms with E-state index in [1.807, 2.05) is 18.3 Å². The highest BCUT2D eigenvalue weighted by Crippen LogP contribution is 2.25. The molecule has 0 unspecified atom stereocenters. The maximum Gasteiger partial charge on any atom is 0.0795 e. The first-order valence-corrected chi connectivity index (χ1v) is 4.93. The lowest BCUT2D eigenvalue weighted by Crippen LogP contribution is -1.75. The molecule has 0 radical (unpaired) electrons. The Morgan fingerprint density at radius 3 is 2.83 bits per heavy atom. The molecule has 1 aromatic heterocycles. The molecule has 4 N–H and O–H groups in total. The highest BCUT2D eigenvalue weighted by atomic mass is 127. The van der Waals surface area contributed by atoms with Crippen LogP contribution in [0.4, 0.5) is 0 Å². The molecule has 0 fully saturated rings. The van der Waals surface area contributed by atoms with Crippen LogP contribution in [0.3, 0.4) is 0 Å². The number of aromatic nitrogens is 2. The summed E-state index contributed by atoms with van der Waals surface area (Å²) in [5, 5.41) is 8.04. The van der Waals surface area contributed by atoms with Gasteiger partial charge in [0.15, 0.2) is 0 Å². The first kappa shape index (κ1) is 9.94. The third kappa shape index (κ3) is 1.48. The van der Waals surface area contributed by atoms with Gasteiger partial charge >= 0.3 is 0 Å². The molecule has 64 valence electrons. The smallest absolute Gasteiger partial charge is 0.0795 e. The average Bonchev–Trinajstić information content (AvgIpc) is 2.45. The quantitative estimate of drug-likeness (QED) is 0.724. The third-order valence-corrected chi connectivity index (χ3v) is 3.10. The number of hydrogen-bond donors (Lipinski definition) is 2. The molecule has 3 nitrogen and oxygen atoms in total. The molecular weight excluding hydrogens is 333 g/mol. The molecule has 1 aromatic carbocycles. The first-order valence-electron chi connectivity index (χ1n) is 3.06. The number of nitrogens with zero attached hydrogens (tertiary/aromatic N) is 1. The zero-order chi connectivity index (χ0) is 7.84. The lowest BCUT2D eigenvalue weighted by Gasteiger charge is -1.94. The first-order chi connectivity index (χ1) is 5.29. The normalized spacial score (nSPS) is 9.83. The molecule has 0 saturated heterocycles. The fraction of sp³-hybridized carbons (Fsp3) is 0. The number of halogens is 2. The van der Waals surface area contributed by atoms with E-state index in [9.17, 15) is 0 Å². The summed E-state index contributed by atoms with van der Waals surface area (Å²) in [5.74, 6) is 0. The molecule has 0 aliphatic heterocycles. The van der Waals surface area contributed by atoms with Gasteiger partial charge in [-0.3, -0.25) is 5.10 Å². The van der Waals surface area contributed by atoms with Crippen LogP contribution in [0.5, 0.6) is 0 Å². The van der Waals surface area contributed by atoms with E-state index in [-0.39, 0.29) is 6.15 Å². The van der Waals surface area contributed by atoms with Crippen LogP contribution in [0.25, 0.3) is 10.9 Å². The zero-order valence-corrected chi connectivity index (χ0v) is 9.89. The summed E-state index contributed by atoms with van der Waals surface area (Å²) in [6.07, 6.45) is 1.82. The Hall–Kier alpha value is -0.140. The molecule has 0 spiro atoms. The fourth-order valence-electron chi connectivity index (χ4n) is 0.969. The summed E-state index contributed by atoms with van der Waals surface area (Å²) >= 11 is 5.73. The van der Waals surface area contributed by atoms with Gasteiger partial charge in [0.05, 0.1) is 11.7 Å². The summed E-state index contributed by atoms with van der Waals surface area (Å²) in [6, 6.07) is 4.07. The van der Waals surface area contributed by atoms with Gasteiger partial charge in [0.2, 0.25) is 0 Å². The Morgan fingerprint density at radius 2 is 2.17 bits per heavy atom. The van der Waals surface area contributed by atoms with Crippen molar-refractivity contribution in [2.24, 2.45) is 0 Å². The minimum Gasteiger partial charge on any atom is -0.344 e. The van der Waals surface area contributed by atoms with Crippen LogP contribution in [0, 0.1) is 3.57 Å². The molecule has 0 saturated carbocycles. The van der Waals surface area contributed by atoms with Crippen LogP contribution in [0.1, 0.15) is 0 Å². The maximum absolute atomic E-state index is 3.96. The average molecular weight is 340 g/mol. The van der Waals surface area contributed by atoms with Gasteiger partial charge in [0.1, 0.15) is 0 Å². The number of H-pyrrole nitrogens is 1. The molecule has 2 aromatic rings. The number of hydrogen-bond acceptors (Lipinski definition) is 2. The molecule has 0 bridgehead atoms. The molecule has 5 heteroatoms. The van der Waals surface area contributed by atoms with E-state index < -0.39 is 0 Å². The third-order valence-electron chi connectivity index (χ3n) is 1.51. The lowest BCUT2D eigenvalue weighted by molar-refractivity contribution is 1.12. The van der Waals surface area contributed by atoms with Gasteiger partial charge in [-0.25, -0.2) is 0 Å². The number of benzene rings is 1. The molecule has 0 aliphatic carbocycles. The van der Waals surface area contributed by atoms with E-state index in [0.717, 1.165) is 15.4 Å². The second kappa shape index (κ2) is 3.71. The van der Waals surface area contributed by atoms with Gasteiger partial charge in [0, 0.05) is 13.4 Å². The SMILES string of the molecule is Brc1ccc(I)c2[nH]ncc12.N. The molecule has 2 rings (SSSR count). The van der Waals surface area contributed by atoms with Crippen molar-refractivity contribution in [1.82, 2.24) is 16.3 Å². The van der Waals surface area contributed by atoms with Crippen molar-refractivity contribution in [3.05, 3.63) is 26.4 Å². The van der Waals surface area contributed by atoms with Crippen molar-refractivity contribution >= 4 is 49.4 Å². The Morgan fingerprint density at radius 1 is 1.42 bits per heavy atom. The van der Waals surface area contributed by atoms with Crippen LogP contribution in [-0.2, 0) is 0 Å². The van der Waals surface area contributed by atoms with Crippen LogP contribution in [-0.4, -0.2) is 10.2 Å². The molecule has 1 heterocycles. The molecule has 12 heavy (non-hydrogen) atoms. The Labute approximate surface area is 91.8 Å². The van der Waals surface area contributed by atoms with Crippen molar-refractivity contribution in [3.8, 4) is 0 Å². The number of aromatic amines is 1. The summed E-state index contributed by atoms with van der Waals surface area (Å²) < 4.78 is 2.28. The van der Waals surface area contributed by atoms with Gasteiger partial charge in [-0.05, 0) is 34.7 Å². The second-order valence-corrected chi connectivity index (χ2v) is 4.20. The summed E-state index contributed by atoms with van der Waals surface area (Å²) in [5.41, 5.74) is 1.10. The summed E-state index contributed by atoms with van der Waals surface area (Å²) in [4.78, 5) is 0. The number of nitrogens with one attached hydrogen (secondary N) is 1. The van der Waals surface area contributed by atoms with E-state index in [1.54, 1.807) is 0 Å². The van der Waals surface area contributed by atoms with E-state index in [4.69, 9.17) is 0 Å². The largest absolute Gasteiger partial charge is 0.344 e. The topological polar surface area (TPSA) is 63.7 Å².